The Bertz CT molecular complexity index is 1450. The molecular formula is C26H23FN4O4S. The number of H-pyrrole nitrogens is 1. The summed E-state index contributed by atoms with van der Waals surface area (Å²) in [6.45, 7) is 0. The number of amides is 1. The summed E-state index contributed by atoms with van der Waals surface area (Å²) >= 11 is 0. The third-order valence-corrected chi connectivity index (χ3v) is 5.96. The molecule has 0 aliphatic carbocycles. The van der Waals surface area contributed by atoms with Crippen LogP contribution in [0.5, 0.6) is 11.5 Å². The van der Waals surface area contributed by atoms with E-state index in [0.29, 0.717) is 45.4 Å². The van der Waals surface area contributed by atoms with Gasteiger partial charge >= 0.3 is 0 Å². The molecule has 0 aliphatic heterocycles. The van der Waals surface area contributed by atoms with Crippen molar-refractivity contribution < 1.29 is 22.9 Å². The van der Waals surface area contributed by atoms with Gasteiger partial charge in [-0.25, -0.2) is 14.4 Å². The Morgan fingerprint density at radius 1 is 1.06 bits per heavy atom. The monoisotopic (exact) mass is 506 g/mol. The van der Waals surface area contributed by atoms with Crippen LogP contribution in [-0.2, 0) is 15.6 Å². The van der Waals surface area contributed by atoms with Crippen LogP contribution in [0.15, 0.2) is 72.0 Å². The second-order valence-corrected chi connectivity index (χ2v) is 8.88. The summed E-state index contributed by atoms with van der Waals surface area (Å²) in [4.78, 5) is 24.3. The number of imidazole rings is 1. The van der Waals surface area contributed by atoms with Crippen molar-refractivity contribution in [3.05, 3.63) is 78.3 Å². The second-order valence-electron chi connectivity index (χ2n) is 7.59. The highest BCUT2D eigenvalue weighted by atomic mass is 32.2. The topological polar surface area (TPSA) is 106 Å². The highest BCUT2D eigenvalue weighted by Crippen LogP contribution is 2.32. The smallest absolute Gasteiger partial charge is 0.249 e. The number of nitrogens with zero attached hydrogens (tertiary/aromatic N) is 2. The highest BCUT2D eigenvalue weighted by molar-refractivity contribution is 7.84. The molecule has 10 heteroatoms. The largest absolute Gasteiger partial charge is 0.497 e. The molecule has 2 aromatic carbocycles. The van der Waals surface area contributed by atoms with Crippen LogP contribution >= 0.6 is 0 Å². The summed E-state index contributed by atoms with van der Waals surface area (Å²) < 4.78 is 36.1. The number of hydrogen-bond donors (Lipinski definition) is 2. The van der Waals surface area contributed by atoms with Gasteiger partial charge in [0.15, 0.2) is 5.16 Å². The normalized spacial score (nSPS) is 11.9. The van der Waals surface area contributed by atoms with Crippen LogP contribution in [-0.4, -0.2) is 45.5 Å². The molecule has 0 fully saturated rings. The molecular weight excluding hydrogens is 483 g/mol. The van der Waals surface area contributed by atoms with Crippen LogP contribution in [0.1, 0.15) is 5.56 Å². The Kier molecular flexibility index (Phi) is 7.55. The summed E-state index contributed by atoms with van der Waals surface area (Å²) in [5, 5.41) is 3.01. The Balaban J connectivity index is 1.59. The summed E-state index contributed by atoms with van der Waals surface area (Å²) in [6, 6.07) is 14.5. The van der Waals surface area contributed by atoms with Crippen LogP contribution in [0, 0.1) is 5.82 Å². The predicted octanol–water partition coefficient (Wildman–Crippen LogP) is 4.68. The minimum Gasteiger partial charge on any atom is -0.497 e. The zero-order valence-electron chi connectivity index (χ0n) is 19.7. The number of carbonyl (C=O) groups is 1. The van der Waals surface area contributed by atoms with Crippen LogP contribution in [0.25, 0.3) is 28.6 Å². The van der Waals surface area contributed by atoms with E-state index in [0.717, 1.165) is 0 Å². The van der Waals surface area contributed by atoms with Gasteiger partial charge in [0.2, 0.25) is 5.91 Å². The molecule has 36 heavy (non-hydrogen) atoms. The number of methoxy groups -OCH3 is 2. The Morgan fingerprint density at radius 3 is 2.53 bits per heavy atom. The van der Waals surface area contributed by atoms with Gasteiger partial charge in [-0.2, -0.15) is 0 Å². The molecule has 4 aromatic rings. The molecule has 2 heterocycles. The highest BCUT2D eigenvalue weighted by Gasteiger charge is 2.17. The van der Waals surface area contributed by atoms with Crippen molar-refractivity contribution in [3.63, 3.8) is 0 Å². The lowest BCUT2D eigenvalue weighted by Crippen LogP contribution is -2.09. The fourth-order valence-electron chi connectivity index (χ4n) is 3.46. The number of carbonyl (C=O) groups excluding carboxylic acids is 1. The number of nitrogens with one attached hydrogen (secondary N) is 2. The molecule has 0 bridgehead atoms. The van der Waals surface area contributed by atoms with Gasteiger partial charge in [0.05, 0.1) is 36.4 Å². The molecule has 1 unspecified atom stereocenters. The summed E-state index contributed by atoms with van der Waals surface area (Å²) in [5.74, 6) is 0.746. The molecule has 2 N–H and O–H groups in total. The van der Waals surface area contributed by atoms with Crippen molar-refractivity contribution in [2.75, 3.05) is 25.8 Å². The summed E-state index contributed by atoms with van der Waals surface area (Å²) in [6.07, 6.45) is 6.04. The zero-order chi connectivity index (χ0) is 25.7. The predicted molar refractivity (Wildman–Crippen MR) is 137 cm³/mol. The number of ether oxygens (including phenoxy) is 2. The van der Waals surface area contributed by atoms with Crippen LogP contribution < -0.4 is 14.8 Å². The molecule has 0 aliphatic rings. The minimum absolute atomic E-state index is 0.281. The van der Waals surface area contributed by atoms with E-state index in [1.54, 1.807) is 55.7 Å². The molecule has 4 rings (SSSR count). The van der Waals surface area contributed by atoms with Crippen molar-refractivity contribution in [2.45, 2.75) is 5.16 Å². The molecule has 1 atom stereocenters. The number of halogens is 1. The van der Waals surface area contributed by atoms with E-state index in [9.17, 15) is 13.4 Å². The van der Waals surface area contributed by atoms with E-state index in [2.05, 4.69) is 20.3 Å². The quantitative estimate of drug-likeness (QED) is 0.336. The maximum atomic E-state index is 13.4. The first-order chi connectivity index (χ1) is 17.4. The maximum absolute atomic E-state index is 13.4. The Morgan fingerprint density at radius 2 is 1.83 bits per heavy atom. The molecule has 0 spiro atoms. The number of hydrogen-bond acceptors (Lipinski definition) is 6. The van der Waals surface area contributed by atoms with Crippen molar-refractivity contribution in [1.82, 2.24) is 15.0 Å². The second kappa shape index (κ2) is 11.0. The Labute approximate surface area is 209 Å². The van der Waals surface area contributed by atoms with E-state index < -0.39 is 16.7 Å². The Hall–Kier alpha value is -4.31. The molecule has 184 valence electrons. The van der Waals surface area contributed by atoms with Crippen LogP contribution in [0.2, 0.25) is 0 Å². The van der Waals surface area contributed by atoms with Gasteiger partial charge in [0, 0.05) is 41.3 Å². The van der Waals surface area contributed by atoms with Crippen LogP contribution in [0.3, 0.4) is 0 Å². The molecule has 2 aromatic heterocycles. The summed E-state index contributed by atoms with van der Waals surface area (Å²) in [7, 11) is 1.74. The number of pyridine rings is 1. The van der Waals surface area contributed by atoms with Crippen molar-refractivity contribution in [3.8, 4) is 34.0 Å². The first-order valence-electron chi connectivity index (χ1n) is 10.7. The van der Waals surface area contributed by atoms with Crippen molar-refractivity contribution in [1.29, 1.82) is 0 Å². The fraction of sp³-hybridized carbons (Fsp3) is 0.115. The van der Waals surface area contributed by atoms with E-state index >= 15 is 0 Å². The fourth-order valence-corrected chi connectivity index (χ4v) is 3.92. The molecule has 8 nitrogen and oxygen atoms in total. The van der Waals surface area contributed by atoms with Gasteiger partial charge < -0.3 is 19.8 Å². The SMILES string of the molecule is COc1ccc(/C=C/C(=O)Nc2cc(-c3nc(S(C)=O)[nH]c3-c3ccc(F)cc3)ccn2)c(OC)c1. The lowest BCUT2D eigenvalue weighted by Gasteiger charge is -2.08. The van der Waals surface area contributed by atoms with E-state index in [4.69, 9.17) is 9.47 Å². The number of aromatic nitrogens is 3. The van der Waals surface area contributed by atoms with Gasteiger partial charge in [-0.05, 0) is 54.6 Å². The average Bonchev–Trinajstić information content (AvgIpc) is 3.34. The molecule has 1 amide bonds. The van der Waals surface area contributed by atoms with Crippen molar-refractivity contribution >= 4 is 28.6 Å². The average molecular weight is 507 g/mol. The standard InChI is InChI=1S/C26H23FN4O4S/c1-34-20-10-6-16(21(15-20)35-2)7-11-23(32)29-22-14-18(12-13-28-22)25-24(30-26(31-25)36(3)33)17-4-8-19(27)9-5-17/h4-15H,1-3H3,(H,30,31)(H,28,29,32)/b11-7+. The lowest BCUT2D eigenvalue weighted by molar-refractivity contribution is -0.111. The lowest BCUT2D eigenvalue weighted by atomic mass is 10.1. The number of benzene rings is 2. The minimum atomic E-state index is -1.36. The molecule has 0 saturated carbocycles. The van der Waals surface area contributed by atoms with E-state index in [-0.39, 0.29) is 11.0 Å². The van der Waals surface area contributed by atoms with Gasteiger partial charge in [0.1, 0.15) is 23.1 Å². The number of rotatable bonds is 8. The third kappa shape index (κ3) is 5.66. The van der Waals surface area contributed by atoms with Gasteiger partial charge in [-0.3, -0.25) is 9.00 Å². The maximum Gasteiger partial charge on any atom is 0.249 e. The molecule has 0 radical (unpaired) electrons. The zero-order valence-corrected chi connectivity index (χ0v) is 20.6. The van der Waals surface area contributed by atoms with Crippen LogP contribution in [0.4, 0.5) is 10.2 Å². The van der Waals surface area contributed by atoms with Gasteiger partial charge in [-0.1, -0.05) is 0 Å². The number of anilines is 1. The van der Waals surface area contributed by atoms with E-state index in [1.807, 2.05) is 0 Å². The van der Waals surface area contributed by atoms with Gasteiger partial charge in [0.25, 0.3) is 0 Å². The first-order valence-corrected chi connectivity index (χ1v) is 12.3. The third-order valence-electron chi connectivity index (χ3n) is 5.23. The van der Waals surface area contributed by atoms with Gasteiger partial charge in [-0.15, -0.1) is 0 Å². The number of aromatic amines is 1. The van der Waals surface area contributed by atoms with E-state index in [1.165, 1.54) is 37.8 Å². The summed E-state index contributed by atoms with van der Waals surface area (Å²) in [5.41, 5.74) is 3.09. The molecule has 0 saturated heterocycles. The first kappa shape index (κ1) is 24.8. The van der Waals surface area contributed by atoms with Crippen molar-refractivity contribution in [2.24, 2.45) is 0 Å².